The largest absolute Gasteiger partial charge is 0.367 e. The number of aromatic nitrogens is 1. The molecule has 0 radical (unpaired) electrons. The topological polar surface area (TPSA) is 53.2 Å². The van der Waals surface area contributed by atoms with Crippen molar-refractivity contribution in [3.05, 3.63) is 69.1 Å². The molecule has 5 heteroatoms. The van der Waals surface area contributed by atoms with Gasteiger partial charge in [-0.05, 0) is 24.5 Å². The number of carbonyl (C=O) groups excluding carboxylic acids is 1. The maximum absolute atomic E-state index is 12.6. The molecule has 1 unspecified atom stereocenters. The minimum Gasteiger partial charge on any atom is -0.367 e. The van der Waals surface area contributed by atoms with Crippen molar-refractivity contribution >= 4 is 17.5 Å². The molecule has 3 rings (SSSR count). The number of amides is 1. The zero-order valence-corrected chi connectivity index (χ0v) is 12.1. The first kappa shape index (κ1) is 13.9. The lowest BCUT2D eigenvalue weighted by Crippen LogP contribution is -2.33. The van der Waals surface area contributed by atoms with Crippen molar-refractivity contribution < 1.29 is 4.79 Å². The number of hydrogen-bond donors (Lipinski definition) is 1. The number of likely N-dealkylation sites (tertiary alicyclic amines) is 1. The van der Waals surface area contributed by atoms with Crippen LogP contribution in [0.1, 0.15) is 34.8 Å². The molecule has 2 aromatic rings. The van der Waals surface area contributed by atoms with E-state index >= 15 is 0 Å². The van der Waals surface area contributed by atoms with E-state index in [2.05, 4.69) is 4.98 Å². The van der Waals surface area contributed by atoms with Gasteiger partial charge in [-0.25, -0.2) is 0 Å². The van der Waals surface area contributed by atoms with Gasteiger partial charge in [0.25, 0.3) is 5.91 Å². The zero-order valence-electron chi connectivity index (χ0n) is 11.4. The molecule has 1 N–H and O–H groups in total. The highest BCUT2D eigenvalue weighted by Crippen LogP contribution is 2.36. The number of halogens is 1. The summed E-state index contributed by atoms with van der Waals surface area (Å²) < 4.78 is 0. The summed E-state index contributed by atoms with van der Waals surface area (Å²) in [5, 5.41) is 0.657. The van der Waals surface area contributed by atoms with Gasteiger partial charge in [-0.1, -0.05) is 29.8 Å². The summed E-state index contributed by atoms with van der Waals surface area (Å²) in [5.74, 6) is -0.237. The van der Waals surface area contributed by atoms with E-state index < -0.39 is 0 Å². The van der Waals surface area contributed by atoms with Crippen LogP contribution in [0, 0.1) is 0 Å². The highest BCUT2D eigenvalue weighted by atomic mass is 35.5. The van der Waals surface area contributed by atoms with Crippen LogP contribution in [0.2, 0.25) is 5.02 Å². The Morgan fingerprint density at radius 1 is 1.29 bits per heavy atom. The normalized spacial score (nSPS) is 18.0. The molecule has 108 valence electrons. The molecule has 21 heavy (non-hydrogen) atoms. The lowest BCUT2D eigenvalue weighted by molar-refractivity contribution is 0.0734. The van der Waals surface area contributed by atoms with Crippen LogP contribution in [-0.2, 0) is 0 Å². The standard InChI is InChI=1S/C16H15ClN2O2/c17-13-5-2-1-4-11(13)14-6-3-9-19(14)16(21)12-10-18-8-7-15(12)20/h1-2,4-5,7-8,10,14H,3,6,9H2,(H,18,20). The number of pyridine rings is 1. The first-order valence-electron chi connectivity index (χ1n) is 6.91. The van der Waals surface area contributed by atoms with Crippen molar-refractivity contribution in [3.8, 4) is 0 Å². The molecule has 1 saturated heterocycles. The minimum atomic E-state index is -0.261. The molecule has 1 aliphatic rings. The van der Waals surface area contributed by atoms with Gasteiger partial charge in [-0.3, -0.25) is 9.59 Å². The number of nitrogens with one attached hydrogen (secondary N) is 1. The van der Waals surface area contributed by atoms with Crippen LogP contribution in [0.5, 0.6) is 0 Å². The molecular weight excluding hydrogens is 288 g/mol. The van der Waals surface area contributed by atoms with E-state index in [0.29, 0.717) is 11.6 Å². The smallest absolute Gasteiger partial charge is 0.259 e. The SMILES string of the molecule is O=C(c1c[nH]ccc1=O)N1CCCC1c1ccccc1Cl. The number of H-pyrrole nitrogens is 1. The van der Waals surface area contributed by atoms with E-state index in [1.54, 1.807) is 4.90 Å². The third-order valence-electron chi connectivity index (χ3n) is 3.83. The summed E-state index contributed by atoms with van der Waals surface area (Å²) in [6.07, 6.45) is 4.76. The average Bonchev–Trinajstić information content (AvgIpc) is 2.97. The molecule has 0 aliphatic carbocycles. The molecule has 4 nitrogen and oxygen atoms in total. The molecule has 1 aromatic carbocycles. The van der Waals surface area contributed by atoms with Crippen LogP contribution in [0.4, 0.5) is 0 Å². The number of hydrogen-bond acceptors (Lipinski definition) is 2. The molecule has 0 saturated carbocycles. The number of carbonyl (C=O) groups is 1. The monoisotopic (exact) mass is 302 g/mol. The van der Waals surface area contributed by atoms with Crippen LogP contribution >= 0.6 is 11.6 Å². The summed E-state index contributed by atoms with van der Waals surface area (Å²) in [6.45, 7) is 0.642. The fourth-order valence-electron chi connectivity index (χ4n) is 2.82. The molecule has 0 bridgehead atoms. The number of nitrogens with zero attached hydrogens (tertiary/aromatic N) is 1. The summed E-state index contributed by atoms with van der Waals surface area (Å²) in [5.41, 5.74) is 0.859. The third-order valence-corrected chi connectivity index (χ3v) is 4.18. The highest BCUT2D eigenvalue weighted by Gasteiger charge is 2.32. The van der Waals surface area contributed by atoms with Gasteiger partial charge in [0.2, 0.25) is 0 Å². The maximum atomic E-state index is 12.6. The first-order valence-corrected chi connectivity index (χ1v) is 7.29. The first-order chi connectivity index (χ1) is 10.2. The van der Waals surface area contributed by atoms with E-state index in [1.165, 1.54) is 18.5 Å². The Morgan fingerprint density at radius 3 is 2.86 bits per heavy atom. The number of rotatable bonds is 2. The van der Waals surface area contributed by atoms with E-state index in [9.17, 15) is 9.59 Å². The molecule has 1 amide bonds. The van der Waals surface area contributed by atoms with Gasteiger partial charge in [-0.2, -0.15) is 0 Å². The van der Waals surface area contributed by atoms with E-state index in [0.717, 1.165) is 18.4 Å². The summed E-state index contributed by atoms with van der Waals surface area (Å²) in [7, 11) is 0. The van der Waals surface area contributed by atoms with E-state index in [-0.39, 0.29) is 22.9 Å². The summed E-state index contributed by atoms with van der Waals surface area (Å²) >= 11 is 6.25. The Labute approximate surface area is 127 Å². The van der Waals surface area contributed by atoms with Crippen molar-refractivity contribution in [2.75, 3.05) is 6.54 Å². The van der Waals surface area contributed by atoms with E-state index in [4.69, 9.17) is 11.6 Å². The van der Waals surface area contributed by atoms with Gasteiger partial charge in [0.1, 0.15) is 5.56 Å². The fourth-order valence-corrected chi connectivity index (χ4v) is 3.08. The van der Waals surface area contributed by atoms with Crippen LogP contribution in [0.15, 0.2) is 47.5 Å². The van der Waals surface area contributed by atoms with Crippen molar-refractivity contribution in [2.24, 2.45) is 0 Å². The number of aromatic amines is 1. The molecule has 2 heterocycles. The highest BCUT2D eigenvalue weighted by molar-refractivity contribution is 6.31. The molecule has 1 atom stereocenters. The molecule has 1 aliphatic heterocycles. The van der Waals surface area contributed by atoms with E-state index in [1.807, 2.05) is 24.3 Å². The zero-order chi connectivity index (χ0) is 14.8. The number of benzene rings is 1. The van der Waals surface area contributed by atoms with Crippen molar-refractivity contribution in [3.63, 3.8) is 0 Å². The average molecular weight is 303 g/mol. The second-order valence-electron chi connectivity index (χ2n) is 5.10. The molecule has 0 spiro atoms. The summed E-state index contributed by atoms with van der Waals surface area (Å²) in [6, 6.07) is 8.85. The van der Waals surface area contributed by atoms with Gasteiger partial charge in [0, 0.05) is 30.0 Å². The molecule has 1 fully saturated rings. The summed E-state index contributed by atoms with van der Waals surface area (Å²) in [4.78, 5) is 29.0. The Balaban J connectivity index is 1.95. The lowest BCUT2D eigenvalue weighted by atomic mass is 10.0. The Hall–Kier alpha value is -2.07. The maximum Gasteiger partial charge on any atom is 0.259 e. The van der Waals surface area contributed by atoms with Gasteiger partial charge in [0.05, 0.1) is 6.04 Å². The third kappa shape index (κ3) is 2.59. The van der Waals surface area contributed by atoms with Crippen LogP contribution in [-0.4, -0.2) is 22.3 Å². The van der Waals surface area contributed by atoms with Gasteiger partial charge < -0.3 is 9.88 Å². The predicted molar refractivity (Wildman–Crippen MR) is 81.5 cm³/mol. The lowest BCUT2D eigenvalue weighted by Gasteiger charge is -2.25. The quantitative estimate of drug-likeness (QED) is 0.927. The van der Waals surface area contributed by atoms with Gasteiger partial charge in [0.15, 0.2) is 5.43 Å². The minimum absolute atomic E-state index is 0.0641. The predicted octanol–water partition coefficient (Wildman–Crippen LogP) is 3.01. The fraction of sp³-hybridized carbons (Fsp3) is 0.250. The Morgan fingerprint density at radius 2 is 2.10 bits per heavy atom. The van der Waals surface area contributed by atoms with Crippen molar-refractivity contribution in [1.29, 1.82) is 0 Å². The van der Waals surface area contributed by atoms with Crippen LogP contribution < -0.4 is 5.43 Å². The Kier molecular flexibility index (Phi) is 3.80. The van der Waals surface area contributed by atoms with Crippen molar-refractivity contribution in [2.45, 2.75) is 18.9 Å². The van der Waals surface area contributed by atoms with Gasteiger partial charge >= 0.3 is 0 Å². The van der Waals surface area contributed by atoms with Gasteiger partial charge in [-0.15, -0.1) is 0 Å². The second-order valence-corrected chi connectivity index (χ2v) is 5.51. The van der Waals surface area contributed by atoms with Crippen molar-refractivity contribution in [1.82, 2.24) is 9.88 Å². The Bertz CT molecular complexity index is 726. The second kappa shape index (κ2) is 5.74. The molecular formula is C16H15ClN2O2. The van der Waals surface area contributed by atoms with Crippen LogP contribution in [0.25, 0.3) is 0 Å². The molecule has 1 aromatic heterocycles. The van der Waals surface area contributed by atoms with Crippen LogP contribution in [0.3, 0.4) is 0 Å².